The molecule has 1 aromatic carbocycles. The van der Waals surface area contributed by atoms with Crippen molar-refractivity contribution in [3.63, 3.8) is 0 Å². The van der Waals surface area contributed by atoms with Gasteiger partial charge in [-0.05, 0) is 20.3 Å². The SMILES string of the molecule is CCNC(=NCc1ncc(-c2ccc(C)cc2)o1)NC1CCc2nc(COC)nn2C1.I. The highest BCUT2D eigenvalue weighted by Crippen LogP contribution is 2.21. The molecule has 172 valence electrons. The van der Waals surface area contributed by atoms with Crippen LogP contribution in [0, 0.1) is 6.92 Å². The molecule has 2 aromatic heterocycles. The summed E-state index contributed by atoms with van der Waals surface area (Å²) in [6.45, 7) is 6.42. The predicted octanol–water partition coefficient (Wildman–Crippen LogP) is 3.08. The first-order chi connectivity index (χ1) is 15.1. The van der Waals surface area contributed by atoms with Gasteiger partial charge in [-0.3, -0.25) is 0 Å². The summed E-state index contributed by atoms with van der Waals surface area (Å²) in [7, 11) is 1.65. The molecular formula is C22H30IN7O2. The molecule has 1 aliphatic heterocycles. The van der Waals surface area contributed by atoms with Crippen molar-refractivity contribution >= 4 is 29.9 Å². The molecule has 10 heteroatoms. The van der Waals surface area contributed by atoms with E-state index in [4.69, 9.17) is 9.15 Å². The maximum atomic E-state index is 5.89. The van der Waals surface area contributed by atoms with Crippen LogP contribution in [-0.4, -0.2) is 45.4 Å². The van der Waals surface area contributed by atoms with Crippen molar-refractivity contribution in [3.05, 3.63) is 53.6 Å². The minimum absolute atomic E-state index is 0. The molecule has 3 heterocycles. The van der Waals surface area contributed by atoms with Gasteiger partial charge < -0.3 is 19.8 Å². The number of nitrogens with one attached hydrogen (secondary N) is 2. The molecule has 4 rings (SSSR count). The molecular weight excluding hydrogens is 521 g/mol. The number of halogens is 1. The van der Waals surface area contributed by atoms with Gasteiger partial charge in [-0.1, -0.05) is 29.8 Å². The highest BCUT2D eigenvalue weighted by molar-refractivity contribution is 14.0. The van der Waals surface area contributed by atoms with Crippen LogP contribution in [0.4, 0.5) is 0 Å². The lowest BCUT2D eigenvalue weighted by Gasteiger charge is -2.25. The smallest absolute Gasteiger partial charge is 0.216 e. The Hall–Kier alpha value is -2.47. The number of aliphatic imine (C=N–C) groups is 1. The number of guanidine groups is 1. The third-order valence-corrected chi connectivity index (χ3v) is 5.12. The molecule has 1 aliphatic rings. The fourth-order valence-electron chi connectivity index (χ4n) is 3.56. The summed E-state index contributed by atoms with van der Waals surface area (Å²) < 4.78 is 13.0. The van der Waals surface area contributed by atoms with Gasteiger partial charge in [-0.25, -0.2) is 19.6 Å². The van der Waals surface area contributed by atoms with Crippen molar-refractivity contribution in [3.8, 4) is 11.3 Å². The Balaban J connectivity index is 0.00000289. The lowest BCUT2D eigenvalue weighted by molar-refractivity contribution is 0.177. The van der Waals surface area contributed by atoms with Gasteiger partial charge >= 0.3 is 0 Å². The number of hydrogen-bond acceptors (Lipinski definition) is 6. The van der Waals surface area contributed by atoms with Gasteiger partial charge in [0.05, 0.1) is 12.7 Å². The zero-order chi connectivity index (χ0) is 21.6. The molecule has 0 spiro atoms. The molecule has 0 fully saturated rings. The van der Waals surface area contributed by atoms with Crippen LogP contribution in [0.3, 0.4) is 0 Å². The monoisotopic (exact) mass is 551 g/mol. The lowest BCUT2D eigenvalue weighted by atomic mass is 10.1. The lowest BCUT2D eigenvalue weighted by Crippen LogP contribution is -2.47. The Morgan fingerprint density at radius 2 is 2.12 bits per heavy atom. The summed E-state index contributed by atoms with van der Waals surface area (Å²) in [5.74, 6) is 3.81. The van der Waals surface area contributed by atoms with E-state index in [-0.39, 0.29) is 30.0 Å². The van der Waals surface area contributed by atoms with E-state index < -0.39 is 0 Å². The van der Waals surface area contributed by atoms with Crippen LogP contribution in [0.2, 0.25) is 0 Å². The number of methoxy groups -OCH3 is 1. The van der Waals surface area contributed by atoms with Gasteiger partial charge in [0.15, 0.2) is 17.5 Å². The van der Waals surface area contributed by atoms with Crippen molar-refractivity contribution < 1.29 is 9.15 Å². The van der Waals surface area contributed by atoms with Crippen LogP contribution >= 0.6 is 24.0 Å². The highest BCUT2D eigenvalue weighted by atomic mass is 127. The molecule has 0 amide bonds. The maximum Gasteiger partial charge on any atom is 0.216 e. The molecule has 2 N–H and O–H groups in total. The Morgan fingerprint density at radius 1 is 1.31 bits per heavy atom. The Labute approximate surface area is 205 Å². The first-order valence-electron chi connectivity index (χ1n) is 10.6. The van der Waals surface area contributed by atoms with Crippen LogP contribution in [0.25, 0.3) is 11.3 Å². The molecule has 1 unspecified atom stereocenters. The maximum absolute atomic E-state index is 5.89. The molecule has 0 saturated heterocycles. The molecule has 0 saturated carbocycles. The third-order valence-electron chi connectivity index (χ3n) is 5.12. The van der Waals surface area contributed by atoms with Gasteiger partial charge in [0.2, 0.25) is 5.89 Å². The summed E-state index contributed by atoms with van der Waals surface area (Å²) >= 11 is 0. The van der Waals surface area contributed by atoms with E-state index in [1.807, 2.05) is 23.7 Å². The number of aromatic nitrogens is 4. The number of fused-ring (bicyclic) bond motifs is 1. The summed E-state index contributed by atoms with van der Waals surface area (Å²) in [5.41, 5.74) is 2.22. The van der Waals surface area contributed by atoms with Crippen LogP contribution in [0.15, 0.2) is 39.9 Å². The fourth-order valence-corrected chi connectivity index (χ4v) is 3.56. The average molecular weight is 551 g/mol. The number of ether oxygens (including phenoxy) is 1. The second-order valence-electron chi connectivity index (χ2n) is 7.62. The van der Waals surface area contributed by atoms with Crippen molar-refractivity contribution in [2.45, 2.75) is 52.4 Å². The zero-order valence-corrected chi connectivity index (χ0v) is 21.0. The fraction of sp³-hybridized carbons (Fsp3) is 0.455. The molecule has 0 radical (unpaired) electrons. The second kappa shape index (κ2) is 11.4. The molecule has 0 bridgehead atoms. The van der Waals surface area contributed by atoms with Gasteiger partial charge in [0, 0.05) is 31.7 Å². The first kappa shape index (κ1) is 24.2. The molecule has 0 aliphatic carbocycles. The van der Waals surface area contributed by atoms with Crippen molar-refractivity contribution in [2.24, 2.45) is 4.99 Å². The van der Waals surface area contributed by atoms with Crippen LogP contribution < -0.4 is 10.6 Å². The molecule has 32 heavy (non-hydrogen) atoms. The summed E-state index contributed by atoms with van der Waals surface area (Å²) in [5, 5.41) is 11.3. The van der Waals surface area contributed by atoms with Crippen LogP contribution in [0.5, 0.6) is 0 Å². The Morgan fingerprint density at radius 3 is 2.88 bits per heavy atom. The highest BCUT2D eigenvalue weighted by Gasteiger charge is 2.22. The van der Waals surface area contributed by atoms with E-state index in [1.165, 1.54) is 5.56 Å². The Bertz CT molecular complexity index is 1030. The van der Waals surface area contributed by atoms with E-state index in [2.05, 4.69) is 49.7 Å². The predicted molar refractivity (Wildman–Crippen MR) is 133 cm³/mol. The van der Waals surface area contributed by atoms with Gasteiger partial charge in [-0.15, -0.1) is 24.0 Å². The third kappa shape index (κ3) is 6.06. The zero-order valence-electron chi connectivity index (χ0n) is 18.7. The minimum atomic E-state index is 0. The number of aryl methyl sites for hydroxylation is 2. The second-order valence-corrected chi connectivity index (χ2v) is 7.62. The quantitative estimate of drug-likeness (QED) is 0.265. The van der Waals surface area contributed by atoms with Crippen LogP contribution in [-0.2, 0) is 30.9 Å². The van der Waals surface area contributed by atoms with Crippen molar-refractivity contribution in [2.75, 3.05) is 13.7 Å². The molecule has 1 atom stereocenters. The van der Waals surface area contributed by atoms with E-state index >= 15 is 0 Å². The largest absolute Gasteiger partial charge is 0.439 e. The number of oxazole rings is 1. The number of rotatable bonds is 7. The Kier molecular flexibility index (Phi) is 8.62. The van der Waals surface area contributed by atoms with Crippen LogP contribution in [0.1, 0.15) is 36.4 Å². The van der Waals surface area contributed by atoms with Gasteiger partial charge in [0.25, 0.3) is 0 Å². The van der Waals surface area contributed by atoms with Gasteiger partial charge in [0.1, 0.15) is 19.0 Å². The summed E-state index contributed by atoms with van der Waals surface area (Å²) in [6, 6.07) is 8.41. The number of nitrogens with zero attached hydrogens (tertiary/aromatic N) is 5. The normalized spacial score (nSPS) is 15.7. The number of benzene rings is 1. The van der Waals surface area contributed by atoms with Crippen molar-refractivity contribution in [1.29, 1.82) is 0 Å². The molecule has 3 aromatic rings. The van der Waals surface area contributed by atoms with E-state index in [9.17, 15) is 0 Å². The van der Waals surface area contributed by atoms with Gasteiger partial charge in [-0.2, -0.15) is 5.10 Å². The summed E-state index contributed by atoms with van der Waals surface area (Å²) in [6.07, 6.45) is 3.58. The van der Waals surface area contributed by atoms with E-state index in [1.54, 1.807) is 13.3 Å². The van der Waals surface area contributed by atoms with E-state index in [0.29, 0.717) is 19.0 Å². The minimum Gasteiger partial charge on any atom is -0.439 e. The molecule has 9 nitrogen and oxygen atoms in total. The van der Waals surface area contributed by atoms with E-state index in [0.717, 1.165) is 54.9 Å². The average Bonchev–Trinajstić information content (AvgIpc) is 3.39. The standard InChI is InChI=1S/C22H29N7O2.HI/c1-4-23-22(26-17-9-10-20-27-19(14-30-3)28-29(20)13-17)25-12-21-24-11-18(31-21)16-7-5-15(2)6-8-16;/h5-8,11,17H,4,9-10,12-14H2,1-3H3,(H2,23,25,26);1H. The van der Waals surface area contributed by atoms with Crippen molar-refractivity contribution in [1.82, 2.24) is 30.4 Å². The summed E-state index contributed by atoms with van der Waals surface area (Å²) in [4.78, 5) is 13.6. The first-order valence-corrected chi connectivity index (χ1v) is 10.6. The topological polar surface area (TPSA) is 102 Å². The number of hydrogen-bond donors (Lipinski definition) is 2.